The van der Waals surface area contributed by atoms with E-state index < -0.39 is 0 Å². The minimum Gasteiger partial charge on any atom is -0.381 e. The fourth-order valence-corrected chi connectivity index (χ4v) is 1.74. The molecule has 0 radical (unpaired) electrons. The van der Waals surface area contributed by atoms with Gasteiger partial charge >= 0.3 is 0 Å². The second-order valence-corrected chi connectivity index (χ2v) is 4.26. The first kappa shape index (κ1) is 14.2. The number of hydrogen-bond donors (Lipinski definition) is 1. The van der Waals surface area contributed by atoms with Gasteiger partial charge in [-0.05, 0) is 44.3 Å². The minimum atomic E-state index is 0.844. The molecule has 0 spiro atoms. The smallest absolute Gasteiger partial charge is 0.0506 e. The van der Waals surface area contributed by atoms with Crippen LogP contribution in [0.1, 0.15) is 31.7 Å². The third kappa shape index (κ3) is 7.94. The average molecular weight is 235 g/mol. The molecule has 0 atom stereocenters. The lowest BCUT2D eigenvalue weighted by molar-refractivity contribution is 0.133. The van der Waals surface area contributed by atoms with Gasteiger partial charge in [-0.25, -0.2) is 0 Å². The Hall–Kier alpha value is -0.860. The third-order valence-corrected chi connectivity index (χ3v) is 2.77. The molecule has 0 aliphatic rings. The maximum Gasteiger partial charge on any atom is 0.0506 e. The highest BCUT2D eigenvalue weighted by Gasteiger charge is 1.93. The van der Waals surface area contributed by atoms with E-state index in [0.29, 0.717) is 0 Å². The van der Waals surface area contributed by atoms with Crippen LogP contribution in [0, 0.1) is 0 Å². The van der Waals surface area contributed by atoms with Crippen molar-refractivity contribution in [3.8, 4) is 0 Å². The molecule has 0 saturated heterocycles. The van der Waals surface area contributed by atoms with E-state index in [1.807, 2.05) is 0 Å². The summed E-state index contributed by atoms with van der Waals surface area (Å²) in [5.74, 6) is 0. The Morgan fingerprint density at radius 3 is 2.59 bits per heavy atom. The molecule has 1 aromatic rings. The number of rotatable bonds is 10. The lowest BCUT2D eigenvalue weighted by atomic mass is 10.2. The molecule has 0 heterocycles. The van der Waals surface area contributed by atoms with Crippen LogP contribution in [-0.4, -0.2) is 26.3 Å². The molecule has 2 nitrogen and oxygen atoms in total. The van der Waals surface area contributed by atoms with Crippen LogP contribution in [0.15, 0.2) is 30.3 Å². The number of nitrogens with one attached hydrogen (secondary N) is 1. The SMILES string of the molecule is CCNCCCCCOCCc1ccccc1. The fraction of sp³-hybridized carbons (Fsp3) is 0.600. The molecule has 0 saturated carbocycles. The van der Waals surface area contributed by atoms with E-state index in [0.717, 1.165) is 32.7 Å². The Kier molecular flexibility index (Phi) is 8.61. The van der Waals surface area contributed by atoms with Gasteiger partial charge in [-0.2, -0.15) is 0 Å². The van der Waals surface area contributed by atoms with E-state index in [1.165, 1.54) is 24.8 Å². The fourth-order valence-electron chi connectivity index (χ4n) is 1.74. The van der Waals surface area contributed by atoms with Crippen molar-refractivity contribution < 1.29 is 4.74 Å². The van der Waals surface area contributed by atoms with Gasteiger partial charge in [0, 0.05) is 6.61 Å². The van der Waals surface area contributed by atoms with Crippen molar-refractivity contribution in [1.82, 2.24) is 5.32 Å². The Morgan fingerprint density at radius 2 is 1.82 bits per heavy atom. The second-order valence-electron chi connectivity index (χ2n) is 4.26. The van der Waals surface area contributed by atoms with E-state index in [4.69, 9.17) is 4.74 Å². The molecule has 2 heteroatoms. The van der Waals surface area contributed by atoms with Gasteiger partial charge in [0.25, 0.3) is 0 Å². The quantitative estimate of drug-likeness (QED) is 0.629. The molecule has 0 aliphatic heterocycles. The van der Waals surface area contributed by atoms with Gasteiger partial charge < -0.3 is 10.1 Å². The highest BCUT2D eigenvalue weighted by Crippen LogP contribution is 2.00. The van der Waals surface area contributed by atoms with Crippen LogP contribution in [-0.2, 0) is 11.2 Å². The number of ether oxygens (including phenoxy) is 1. The monoisotopic (exact) mass is 235 g/mol. The summed E-state index contributed by atoms with van der Waals surface area (Å²) in [6.45, 7) is 6.11. The van der Waals surface area contributed by atoms with Gasteiger partial charge in [-0.3, -0.25) is 0 Å². The molecular weight excluding hydrogens is 210 g/mol. The molecule has 0 amide bonds. The maximum atomic E-state index is 5.62. The lowest BCUT2D eigenvalue weighted by Gasteiger charge is -2.05. The molecule has 0 unspecified atom stereocenters. The van der Waals surface area contributed by atoms with Crippen LogP contribution < -0.4 is 5.32 Å². The summed E-state index contributed by atoms with van der Waals surface area (Å²) < 4.78 is 5.62. The van der Waals surface area contributed by atoms with Gasteiger partial charge in [-0.1, -0.05) is 37.3 Å². The highest BCUT2D eigenvalue weighted by atomic mass is 16.5. The molecule has 1 aromatic carbocycles. The molecule has 1 rings (SSSR count). The number of unbranched alkanes of at least 4 members (excludes halogenated alkanes) is 2. The topological polar surface area (TPSA) is 21.3 Å². The molecule has 0 aromatic heterocycles. The molecule has 17 heavy (non-hydrogen) atoms. The van der Waals surface area contributed by atoms with Crippen molar-refractivity contribution in [2.24, 2.45) is 0 Å². The largest absolute Gasteiger partial charge is 0.381 e. The van der Waals surface area contributed by atoms with Crippen LogP contribution in [0.25, 0.3) is 0 Å². The van der Waals surface area contributed by atoms with Gasteiger partial charge in [0.05, 0.1) is 6.61 Å². The van der Waals surface area contributed by atoms with Gasteiger partial charge in [0.2, 0.25) is 0 Å². The standard InChI is InChI=1S/C15H25NO/c1-2-16-12-7-4-8-13-17-14-11-15-9-5-3-6-10-15/h3,5-6,9-10,16H,2,4,7-8,11-14H2,1H3. The van der Waals surface area contributed by atoms with E-state index in [1.54, 1.807) is 0 Å². The van der Waals surface area contributed by atoms with Crippen LogP contribution >= 0.6 is 0 Å². The predicted molar refractivity (Wildman–Crippen MR) is 73.4 cm³/mol. The molecule has 0 bridgehead atoms. The zero-order valence-electron chi connectivity index (χ0n) is 11.0. The van der Waals surface area contributed by atoms with E-state index >= 15 is 0 Å². The van der Waals surface area contributed by atoms with Crippen LogP contribution in [0.4, 0.5) is 0 Å². The Morgan fingerprint density at radius 1 is 1.00 bits per heavy atom. The Bertz CT molecular complexity index is 261. The predicted octanol–water partition coefficient (Wildman–Crippen LogP) is 3.03. The summed E-state index contributed by atoms with van der Waals surface area (Å²) in [5.41, 5.74) is 1.36. The van der Waals surface area contributed by atoms with Crippen LogP contribution in [0.5, 0.6) is 0 Å². The van der Waals surface area contributed by atoms with Gasteiger partial charge in [0.15, 0.2) is 0 Å². The van der Waals surface area contributed by atoms with Crippen molar-refractivity contribution >= 4 is 0 Å². The van der Waals surface area contributed by atoms with Crippen molar-refractivity contribution in [1.29, 1.82) is 0 Å². The average Bonchev–Trinajstić information content (AvgIpc) is 2.38. The van der Waals surface area contributed by atoms with Gasteiger partial charge in [0.1, 0.15) is 0 Å². The maximum absolute atomic E-state index is 5.62. The lowest BCUT2D eigenvalue weighted by Crippen LogP contribution is -2.13. The first-order valence-corrected chi connectivity index (χ1v) is 6.76. The summed E-state index contributed by atoms with van der Waals surface area (Å²) in [6.07, 6.45) is 4.73. The molecule has 0 aliphatic carbocycles. The summed E-state index contributed by atoms with van der Waals surface area (Å²) in [4.78, 5) is 0. The summed E-state index contributed by atoms with van der Waals surface area (Å²) >= 11 is 0. The Labute approximate surface area is 105 Å². The molecular formula is C15H25NO. The van der Waals surface area contributed by atoms with E-state index in [2.05, 4.69) is 42.6 Å². The third-order valence-electron chi connectivity index (χ3n) is 2.77. The van der Waals surface area contributed by atoms with Crippen molar-refractivity contribution in [2.75, 3.05) is 26.3 Å². The summed E-state index contributed by atoms with van der Waals surface area (Å²) in [7, 11) is 0. The highest BCUT2D eigenvalue weighted by molar-refractivity contribution is 5.14. The normalized spacial score (nSPS) is 10.6. The van der Waals surface area contributed by atoms with Crippen LogP contribution in [0.2, 0.25) is 0 Å². The molecule has 0 fully saturated rings. The number of benzene rings is 1. The first-order chi connectivity index (χ1) is 8.43. The molecule has 1 N–H and O–H groups in total. The first-order valence-electron chi connectivity index (χ1n) is 6.76. The Balaban J connectivity index is 1.85. The summed E-state index contributed by atoms with van der Waals surface area (Å²) in [6, 6.07) is 10.5. The van der Waals surface area contributed by atoms with Crippen molar-refractivity contribution in [3.05, 3.63) is 35.9 Å². The second kappa shape index (κ2) is 10.3. The van der Waals surface area contributed by atoms with Crippen molar-refractivity contribution in [3.63, 3.8) is 0 Å². The summed E-state index contributed by atoms with van der Waals surface area (Å²) in [5, 5.41) is 3.33. The zero-order chi connectivity index (χ0) is 12.2. The molecule has 96 valence electrons. The van der Waals surface area contributed by atoms with E-state index in [9.17, 15) is 0 Å². The van der Waals surface area contributed by atoms with E-state index in [-0.39, 0.29) is 0 Å². The minimum absolute atomic E-state index is 0.844. The van der Waals surface area contributed by atoms with Crippen LogP contribution in [0.3, 0.4) is 0 Å². The zero-order valence-corrected chi connectivity index (χ0v) is 11.0. The van der Waals surface area contributed by atoms with Gasteiger partial charge in [-0.15, -0.1) is 0 Å². The van der Waals surface area contributed by atoms with Crippen molar-refractivity contribution in [2.45, 2.75) is 32.6 Å². The number of hydrogen-bond acceptors (Lipinski definition) is 2.